The highest BCUT2D eigenvalue weighted by atomic mass is 32.2. The number of rotatable bonds is 4. The van der Waals surface area contributed by atoms with Crippen molar-refractivity contribution in [2.45, 2.75) is 50.2 Å². The molecule has 1 aliphatic rings. The van der Waals surface area contributed by atoms with Crippen LogP contribution < -0.4 is 0 Å². The second-order valence-corrected chi connectivity index (χ2v) is 6.53. The summed E-state index contributed by atoms with van der Waals surface area (Å²) in [5.74, 6) is 1.94. The summed E-state index contributed by atoms with van der Waals surface area (Å²) in [6.07, 6.45) is 2.20. The fourth-order valence-corrected chi connectivity index (χ4v) is 3.14. The van der Waals surface area contributed by atoms with Gasteiger partial charge in [-0.25, -0.2) is 4.99 Å². The second-order valence-electron chi connectivity index (χ2n) is 5.36. The third kappa shape index (κ3) is 4.05. The van der Waals surface area contributed by atoms with Crippen molar-refractivity contribution in [3.8, 4) is 0 Å². The summed E-state index contributed by atoms with van der Waals surface area (Å²) in [7, 11) is 0. The number of ether oxygens (including phenoxy) is 1. The predicted molar refractivity (Wildman–Crippen MR) is 78.5 cm³/mol. The van der Waals surface area contributed by atoms with E-state index in [1.54, 1.807) is 0 Å². The number of hydrogen-bond acceptors (Lipinski definition) is 3. The fraction of sp³-hybridized carbons (Fsp3) is 0.533. The first-order chi connectivity index (χ1) is 8.55. The first kappa shape index (κ1) is 13.5. The molecular formula is C15H21NOS. The summed E-state index contributed by atoms with van der Waals surface area (Å²) in [5, 5.41) is 0. The van der Waals surface area contributed by atoms with E-state index in [4.69, 9.17) is 4.74 Å². The highest BCUT2D eigenvalue weighted by molar-refractivity contribution is 7.99. The van der Waals surface area contributed by atoms with Crippen LogP contribution in [0.25, 0.3) is 0 Å². The lowest BCUT2D eigenvalue weighted by Crippen LogP contribution is -2.34. The zero-order valence-corrected chi connectivity index (χ0v) is 12.2. The van der Waals surface area contributed by atoms with Crippen molar-refractivity contribution in [1.29, 1.82) is 0 Å². The molecule has 0 saturated carbocycles. The standard InChI is InChI=1S/C15H21NOS/c1-12-11-15(2,3)16-14(17-12)9-10-18-13-7-5-4-6-8-13/h4-8,12H,9-11H2,1-3H3. The maximum absolute atomic E-state index is 5.80. The van der Waals surface area contributed by atoms with Gasteiger partial charge in [-0.1, -0.05) is 18.2 Å². The Labute approximate surface area is 114 Å². The number of thioether (sulfide) groups is 1. The van der Waals surface area contributed by atoms with Crippen LogP contribution in [-0.2, 0) is 4.74 Å². The van der Waals surface area contributed by atoms with Gasteiger partial charge >= 0.3 is 0 Å². The van der Waals surface area contributed by atoms with Gasteiger partial charge in [-0.15, -0.1) is 11.8 Å². The average molecular weight is 263 g/mol. The van der Waals surface area contributed by atoms with Gasteiger partial charge in [0.1, 0.15) is 0 Å². The highest BCUT2D eigenvalue weighted by Crippen LogP contribution is 2.26. The van der Waals surface area contributed by atoms with E-state index in [1.807, 2.05) is 17.8 Å². The molecule has 1 aromatic carbocycles. The Balaban J connectivity index is 1.85. The molecule has 0 saturated heterocycles. The van der Waals surface area contributed by atoms with Gasteiger partial charge in [0.15, 0.2) is 5.90 Å². The largest absolute Gasteiger partial charge is 0.478 e. The van der Waals surface area contributed by atoms with Crippen molar-refractivity contribution in [2.24, 2.45) is 4.99 Å². The summed E-state index contributed by atoms with van der Waals surface area (Å²) in [6, 6.07) is 10.5. The van der Waals surface area contributed by atoms with Gasteiger partial charge in [-0.3, -0.25) is 0 Å². The van der Waals surface area contributed by atoms with Gasteiger partial charge in [0.25, 0.3) is 0 Å². The van der Waals surface area contributed by atoms with Crippen LogP contribution >= 0.6 is 11.8 Å². The number of nitrogens with zero attached hydrogens (tertiary/aromatic N) is 1. The van der Waals surface area contributed by atoms with Crippen molar-refractivity contribution in [2.75, 3.05) is 5.75 Å². The lowest BCUT2D eigenvalue weighted by atomic mass is 9.97. The Morgan fingerprint density at radius 3 is 2.72 bits per heavy atom. The van der Waals surface area contributed by atoms with Crippen molar-refractivity contribution < 1.29 is 4.74 Å². The van der Waals surface area contributed by atoms with Gasteiger partial charge < -0.3 is 4.74 Å². The summed E-state index contributed by atoms with van der Waals surface area (Å²) < 4.78 is 5.80. The Hall–Kier alpha value is -0.960. The Morgan fingerprint density at radius 2 is 2.06 bits per heavy atom. The van der Waals surface area contributed by atoms with Gasteiger partial charge in [0, 0.05) is 23.5 Å². The van der Waals surface area contributed by atoms with Crippen LogP contribution in [0.15, 0.2) is 40.2 Å². The van der Waals surface area contributed by atoms with E-state index in [2.05, 4.69) is 50.0 Å². The Kier molecular flexibility index (Phi) is 4.33. The molecule has 0 aromatic heterocycles. The van der Waals surface area contributed by atoms with Gasteiger partial charge in [0.05, 0.1) is 11.6 Å². The molecule has 0 aliphatic carbocycles. The smallest absolute Gasteiger partial charge is 0.184 e. The van der Waals surface area contributed by atoms with Gasteiger partial charge in [0.2, 0.25) is 0 Å². The maximum Gasteiger partial charge on any atom is 0.184 e. The third-order valence-corrected chi connectivity index (χ3v) is 3.89. The van der Waals surface area contributed by atoms with E-state index in [0.717, 1.165) is 24.5 Å². The molecular weight excluding hydrogens is 242 g/mol. The van der Waals surface area contributed by atoms with E-state index in [1.165, 1.54) is 4.90 Å². The number of aliphatic imine (C=N–C) groups is 1. The van der Waals surface area contributed by atoms with Crippen LogP contribution in [-0.4, -0.2) is 23.3 Å². The number of hydrogen-bond donors (Lipinski definition) is 0. The Bertz CT molecular complexity index is 414. The van der Waals surface area contributed by atoms with Crippen molar-refractivity contribution in [1.82, 2.24) is 0 Å². The quantitative estimate of drug-likeness (QED) is 0.761. The second kappa shape index (κ2) is 5.79. The zero-order valence-electron chi connectivity index (χ0n) is 11.3. The minimum atomic E-state index is 0.0322. The molecule has 0 spiro atoms. The lowest BCUT2D eigenvalue weighted by Gasteiger charge is -2.31. The normalized spacial score (nSPS) is 22.2. The molecule has 0 N–H and O–H groups in total. The molecule has 2 nitrogen and oxygen atoms in total. The molecule has 1 atom stereocenters. The van der Waals surface area contributed by atoms with Crippen LogP contribution in [0.4, 0.5) is 0 Å². The van der Waals surface area contributed by atoms with Crippen molar-refractivity contribution in [3.63, 3.8) is 0 Å². The van der Waals surface area contributed by atoms with Crippen LogP contribution in [0.3, 0.4) is 0 Å². The number of benzene rings is 1. The molecule has 0 radical (unpaired) electrons. The molecule has 98 valence electrons. The minimum absolute atomic E-state index is 0.0322. The first-order valence-corrected chi connectivity index (χ1v) is 7.47. The van der Waals surface area contributed by atoms with Gasteiger partial charge in [-0.2, -0.15) is 0 Å². The molecule has 1 heterocycles. The van der Waals surface area contributed by atoms with Crippen molar-refractivity contribution in [3.05, 3.63) is 30.3 Å². The van der Waals surface area contributed by atoms with E-state index in [0.29, 0.717) is 0 Å². The van der Waals surface area contributed by atoms with E-state index < -0.39 is 0 Å². The van der Waals surface area contributed by atoms with Crippen LogP contribution in [0, 0.1) is 0 Å². The van der Waals surface area contributed by atoms with Gasteiger partial charge in [-0.05, 0) is 32.9 Å². The summed E-state index contributed by atoms with van der Waals surface area (Å²) in [6.45, 7) is 6.48. The average Bonchev–Trinajstić information content (AvgIpc) is 2.27. The van der Waals surface area contributed by atoms with E-state index in [-0.39, 0.29) is 11.6 Å². The minimum Gasteiger partial charge on any atom is -0.478 e. The predicted octanol–water partition coefficient (Wildman–Crippen LogP) is 4.15. The summed E-state index contributed by atoms with van der Waals surface area (Å²) in [4.78, 5) is 5.98. The lowest BCUT2D eigenvalue weighted by molar-refractivity contribution is 0.140. The first-order valence-electron chi connectivity index (χ1n) is 6.48. The molecule has 0 bridgehead atoms. The summed E-state index contributed by atoms with van der Waals surface area (Å²) >= 11 is 1.85. The SMILES string of the molecule is CC1CC(C)(C)N=C(CCSc2ccccc2)O1. The van der Waals surface area contributed by atoms with E-state index >= 15 is 0 Å². The molecule has 1 aromatic rings. The Morgan fingerprint density at radius 1 is 1.33 bits per heavy atom. The van der Waals surface area contributed by atoms with Crippen LogP contribution in [0.5, 0.6) is 0 Å². The molecule has 0 amide bonds. The molecule has 1 unspecified atom stereocenters. The zero-order chi connectivity index (χ0) is 13.0. The monoisotopic (exact) mass is 263 g/mol. The topological polar surface area (TPSA) is 21.6 Å². The van der Waals surface area contributed by atoms with Crippen molar-refractivity contribution >= 4 is 17.7 Å². The fourth-order valence-electron chi connectivity index (χ4n) is 2.27. The molecule has 0 fully saturated rings. The molecule has 3 heteroatoms. The summed E-state index contributed by atoms with van der Waals surface area (Å²) in [5.41, 5.74) is 0.0322. The van der Waals surface area contributed by atoms with Crippen LogP contribution in [0.2, 0.25) is 0 Å². The molecule has 2 rings (SSSR count). The van der Waals surface area contributed by atoms with E-state index in [9.17, 15) is 0 Å². The highest BCUT2D eigenvalue weighted by Gasteiger charge is 2.27. The third-order valence-electron chi connectivity index (χ3n) is 2.88. The molecule has 1 aliphatic heterocycles. The van der Waals surface area contributed by atoms with Crippen LogP contribution in [0.1, 0.15) is 33.6 Å². The molecule has 18 heavy (non-hydrogen) atoms. The maximum atomic E-state index is 5.80.